The summed E-state index contributed by atoms with van der Waals surface area (Å²) >= 11 is 0. The normalized spacial score (nSPS) is 21.1. The zero-order valence-corrected chi connectivity index (χ0v) is 21.5. The number of nitrogens with one attached hydrogen (secondary N) is 1. The van der Waals surface area contributed by atoms with Crippen molar-refractivity contribution in [3.8, 4) is 11.5 Å². The van der Waals surface area contributed by atoms with E-state index in [1.54, 1.807) is 11.2 Å². The number of carbonyl (C=O) groups is 2. The minimum absolute atomic E-state index is 0.0593. The molecule has 5 rings (SSSR count). The van der Waals surface area contributed by atoms with Gasteiger partial charge < -0.3 is 19.2 Å². The van der Waals surface area contributed by atoms with Gasteiger partial charge in [-0.15, -0.1) is 0 Å². The number of rotatable bonds is 6. The standard InChI is InChI=1S/C30H37N3O3/c1-22-11-8-9-12-23(22)18-19-33-28(34)26-17-16-25(27-15-10-20-36-27)32(26)21-30(33,2)29(35)31-24-13-6-4-3-5-7-14-24/h8-12,15-17,20,24H,3-7,13-14,18-19,21H2,1-2H3,(H,31,35). The molecule has 0 saturated heterocycles. The van der Waals surface area contributed by atoms with E-state index in [0.29, 0.717) is 31.0 Å². The lowest BCUT2D eigenvalue weighted by atomic mass is 9.91. The number of hydrogen-bond donors (Lipinski definition) is 1. The van der Waals surface area contributed by atoms with Gasteiger partial charge in [0.05, 0.1) is 18.5 Å². The Hall–Kier alpha value is -3.28. The van der Waals surface area contributed by atoms with Gasteiger partial charge >= 0.3 is 0 Å². The van der Waals surface area contributed by atoms with Crippen LogP contribution in [0.4, 0.5) is 0 Å². The van der Waals surface area contributed by atoms with Gasteiger partial charge in [-0.1, -0.05) is 56.4 Å². The van der Waals surface area contributed by atoms with Crippen LogP contribution in [-0.4, -0.2) is 39.4 Å². The van der Waals surface area contributed by atoms with Crippen molar-refractivity contribution in [3.63, 3.8) is 0 Å². The molecule has 1 aromatic carbocycles. The van der Waals surface area contributed by atoms with Gasteiger partial charge in [0.15, 0.2) is 0 Å². The van der Waals surface area contributed by atoms with Crippen LogP contribution in [0.5, 0.6) is 0 Å². The number of nitrogens with zero attached hydrogens (tertiary/aromatic N) is 2. The van der Waals surface area contributed by atoms with Crippen LogP contribution >= 0.6 is 0 Å². The van der Waals surface area contributed by atoms with Gasteiger partial charge in [-0.3, -0.25) is 9.59 Å². The Morgan fingerprint density at radius 3 is 2.44 bits per heavy atom. The third-order valence-electron chi connectivity index (χ3n) is 8.08. The summed E-state index contributed by atoms with van der Waals surface area (Å²) in [5.74, 6) is 0.532. The lowest BCUT2D eigenvalue weighted by molar-refractivity contribution is -0.133. The second kappa shape index (κ2) is 10.4. The zero-order valence-electron chi connectivity index (χ0n) is 21.5. The Balaban J connectivity index is 1.46. The Labute approximate surface area is 213 Å². The first-order valence-electron chi connectivity index (χ1n) is 13.4. The molecular formula is C30H37N3O3. The van der Waals surface area contributed by atoms with Crippen LogP contribution in [0.15, 0.2) is 59.2 Å². The molecule has 1 unspecified atom stereocenters. The Bertz CT molecular complexity index is 1200. The largest absolute Gasteiger partial charge is 0.463 e. The van der Waals surface area contributed by atoms with E-state index in [9.17, 15) is 9.59 Å². The minimum atomic E-state index is -1.00. The molecule has 1 aliphatic carbocycles. The summed E-state index contributed by atoms with van der Waals surface area (Å²) in [4.78, 5) is 29.7. The van der Waals surface area contributed by atoms with Crippen molar-refractivity contribution in [3.05, 3.63) is 71.6 Å². The smallest absolute Gasteiger partial charge is 0.271 e. The molecule has 2 amide bonds. The zero-order chi connectivity index (χ0) is 25.1. The van der Waals surface area contributed by atoms with Crippen molar-refractivity contribution in [2.45, 2.75) is 83.3 Å². The summed E-state index contributed by atoms with van der Waals surface area (Å²) in [5.41, 5.74) is 2.82. The lowest BCUT2D eigenvalue weighted by Crippen LogP contribution is -2.65. The number of carbonyl (C=O) groups excluding carboxylic acids is 2. The fourth-order valence-corrected chi connectivity index (χ4v) is 5.83. The molecule has 2 aromatic heterocycles. The molecule has 1 aliphatic heterocycles. The highest BCUT2D eigenvalue weighted by molar-refractivity contribution is 6.00. The minimum Gasteiger partial charge on any atom is -0.463 e. The van der Waals surface area contributed by atoms with Crippen molar-refractivity contribution >= 4 is 11.8 Å². The van der Waals surface area contributed by atoms with Crippen LogP contribution < -0.4 is 5.32 Å². The molecule has 1 N–H and O–H groups in total. The second-order valence-electron chi connectivity index (χ2n) is 10.6. The second-order valence-corrected chi connectivity index (χ2v) is 10.6. The quantitative estimate of drug-likeness (QED) is 0.482. The van der Waals surface area contributed by atoms with Crippen LogP contribution in [0.3, 0.4) is 0 Å². The number of amides is 2. The van der Waals surface area contributed by atoms with Crippen LogP contribution in [-0.2, 0) is 17.8 Å². The highest BCUT2D eigenvalue weighted by Gasteiger charge is 2.48. The van der Waals surface area contributed by atoms with E-state index in [1.165, 1.54) is 30.4 Å². The van der Waals surface area contributed by atoms with Gasteiger partial charge in [-0.25, -0.2) is 0 Å². The van der Waals surface area contributed by atoms with Crippen molar-refractivity contribution in [2.75, 3.05) is 6.54 Å². The molecule has 1 atom stereocenters. The molecule has 36 heavy (non-hydrogen) atoms. The van der Waals surface area contributed by atoms with Crippen molar-refractivity contribution < 1.29 is 14.0 Å². The van der Waals surface area contributed by atoms with E-state index >= 15 is 0 Å². The van der Waals surface area contributed by atoms with E-state index in [4.69, 9.17) is 4.42 Å². The predicted molar refractivity (Wildman–Crippen MR) is 141 cm³/mol. The lowest BCUT2D eigenvalue weighted by Gasteiger charge is -2.45. The van der Waals surface area contributed by atoms with Crippen LogP contribution in [0, 0.1) is 6.92 Å². The van der Waals surface area contributed by atoms with E-state index < -0.39 is 5.54 Å². The topological polar surface area (TPSA) is 67.5 Å². The fourth-order valence-electron chi connectivity index (χ4n) is 5.83. The summed E-state index contributed by atoms with van der Waals surface area (Å²) in [6, 6.07) is 15.9. The number of benzene rings is 1. The summed E-state index contributed by atoms with van der Waals surface area (Å²) < 4.78 is 7.62. The molecule has 6 nitrogen and oxygen atoms in total. The van der Waals surface area contributed by atoms with E-state index in [2.05, 4.69) is 24.4 Å². The molecule has 2 aliphatic rings. The van der Waals surface area contributed by atoms with Gasteiger partial charge in [-0.2, -0.15) is 0 Å². The maximum atomic E-state index is 14.0. The molecule has 1 fully saturated rings. The Kier molecular flexibility index (Phi) is 7.04. The van der Waals surface area contributed by atoms with Crippen LogP contribution in [0.2, 0.25) is 0 Å². The summed E-state index contributed by atoms with van der Waals surface area (Å²) in [5, 5.41) is 3.36. The van der Waals surface area contributed by atoms with E-state index in [0.717, 1.165) is 31.4 Å². The molecule has 0 radical (unpaired) electrons. The molecule has 0 spiro atoms. The van der Waals surface area contributed by atoms with Crippen molar-refractivity contribution in [2.24, 2.45) is 0 Å². The summed E-state index contributed by atoms with van der Waals surface area (Å²) in [6.45, 7) is 4.90. The average Bonchev–Trinajstić information content (AvgIpc) is 3.51. The Morgan fingerprint density at radius 2 is 1.72 bits per heavy atom. The third-order valence-corrected chi connectivity index (χ3v) is 8.08. The first-order chi connectivity index (χ1) is 17.5. The van der Waals surface area contributed by atoms with Crippen LogP contribution in [0.25, 0.3) is 11.5 Å². The third kappa shape index (κ3) is 4.73. The van der Waals surface area contributed by atoms with Crippen molar-refractivity contribution in [1.82, 2.24) is 14.8 Å². The van der Waals surface area contributed by atoms with E-state index in [-0.39, 0.29) is 17.9 Å². The number of fused-ring (bicyclic) bond motifs is 1. The highest BCUT2D eigenvalue weighted by atomic mass is 16.3. The van der Waals surface area contributed by atoms with Crippen molar-refractivity contribution in [1.29, 1.82) is 0 Å². The molecule has 1 saturated carbocycles. The van der Waals surface area contributed by atoms with E-state index in [1.807, 2.05) is 47.9 Å². The molecule has 0 bridgehead atoms. The fraction of sp³-hybridized carbons (Fsp3) is 0.467. The highest BCUT2D eigenvalue weighted by Crippen LogP contribution is 2.34. The van der Waals surface area contributed by atoms with Crippen LogP contribution in [0.1, 0.15) is 73.5 Å². The Morgan fingerprint density at radius 1 is 1.00 bits per heavy atom. The first-order valence-corrected chi connectivity index (χ1v) is 13.4. The van der Waals surface area contributed by atoms with Gasteiger partial charge in [0, 0.05) is 12.6 Å². The van der Waals surface area contributed by atoms with Gasteiger partial charge in [0.2, 0.25) is 5.91 Å². The number of aryl methyl sites for hydroxylation is 1. The monoisotopic (exact) mass is 487 g/mol. The molecular weight excluding hydrogens is 450 g/mol. The van der Waals surface area contributed by atoms with Gasteiger partial charge in [-0.05, 0) is 68.5 Å². The maximum Gasteiger partial charge on any atom is 0.271 e. The molecule has 6 heteroatoms. The van der Waals surface area contributed by atoms with Gasteiger partial charge in [0.25, 0.3) is 5.91 Å². The number of furan rings is 1. The predicted octanol–water partition coefficient (Wildman–Crippen LogP) is 5.74. The number of aromatic nitrogens is 1. The number of hydrogen-bond acceptors (Lipinski definition) is 3. The first kappa shape index (κ1) is 24.4. The molecule has 3 aromatic rings. The average molecular weight is 488 g/mol. The van der Waals surface area contributed by atoms with Gasteiger partial charge in [0.1, 0.15) is 17.0 Å². The maximum absolute atomic E-state index is 14.0. The molecule has 190 valence electrons. The summed E-state index contributed by atoms with van der Waals surface area (Å²) in [6.07, 6.45) is 10.4. The summed E-state index contributed by atoms with van der Waals surface area (Å²) in [7, 11) is 0. The molecule has 3 heterocycles. The SMILES string of the molecule is Cc1ccccc1CCN1C(=O)c2ccc(-c3ccco3)n2CC1(C)C(=O)NC1CCCCCCC1.